The highest BCUT2D eigenvalue weighted by Crippen LogP contribution is 2.17. The number of imide groups is 1. The number of aryl methyl sites for hydroxylation is 2. The Morgan fingerprint density at radius 3 is 2.25 bits per heavy atom. The van der Waals surface area contributed by atoms with E-state index in [-0.39, 0.29) is 6.61 Å². The molecule has 148 valence electrons. The van der Waals surface area contributed by atoms with Crippen LogP contribution >= 0.6 is 0 Å². The van der Waals surface area contributed by atoms with Crippen molar-refractivity contribution in [3.8, 4) is 11.5 Å². The Hall–Kier alpha value is -3.55. The van der Waals surface area contributed by atoms with Gasteiger partial charge in [0.1, 0.15) is 11.5 Å². The smallest absolute Gasteiger partial charge is 0.344 e. The Kier molecular flexibility index (Phi) is 7.38. The zero-order valence-electron chi connectivity index (χ0n) is 15.9. The van der Waals surface area contributed by atoms with Crippen LogP contribution in [-0.2, 0) is 14.3 Å². The number of methoxy groups -OCH3 is 1. The number of nitrogens with one attached hydrogen (secondary N) is 2. The number of benzene rings is 2. The molecule has 0 aliphatic rings. The molecular formula is C20H22N2O6. The Balaban J connectivity index is 1.70. The van der Waals surface area contributed by atoms with Gasteiger partial charge in [0.15, 0.2) is 13.2 Å². The van der Waals surface area contributed by atoms with Crippen LogP contribution in [0, 0.1) is 13.8 Å². The van der Waals surface area contributed by atoms with Crippen molar-refractivity contribution in [2.75, 3.05) is 25.6 Å². The van der Waals surface area contributed by atoms with Gasteiger partial charge in [0, 0.05) is 5.69 Å². The van der Waals surface area contributed by atoms with Crippen LogP contribution in [0.3, 0.4) is 0 Å². The molecule has 3 amide bonds. The van der Waals surface area contributed by atoms with Gasteiger partial charge in [-0.15, -0.1) is 0 Å². The lowest BCUT2D eigenvalue weighted by molar-refractivity contribution is -0.150. The Morgan fingerprint density at radius 1 is 0.929 bits per heavy atom. The summed E-state index contributed by atoms with van der Waals surface area (Å²) in [6, 6.07) is 11.4. The number of carbonyl (C=O) groups excluding carboxylic acids is 3. The first-order valence-electron chi connectivity index (χ1n) is 8.48. The van der Waals surface area contributed by atoms with Crippen molar-refractivity contribution in [3.05, 3.63) is 53.6 Å². The fourth-order valence-electron chi connectivity index (χ4n) is 2.27. The van der Waals surface area contributed by atoms with Crippen molar-refractivity contribution < 1.29 is 28.6 Å². The highest BCUT2D eigenvalue weighted by molar-refractivity contribution is 6.02. The second kappa shape index (κ2) is 9.96. The van der Waals surface area contributed by atoms with Crippen molar-refractivity contribution in [1.82, 2.24) is 5.32 Å². The molecule has 0 saturated carbocycles. The number of hydrogen-bond donors (Lipinski definition) is 2. The van der Waals surface area contributed by atoms with Crippen LogP contribution < -0.4 is 20.1 Å². The van der Waals surface area contributed by atoms with Crippen LogP contribution in [-0.4, -0.2) is 38.2 Å². The van der Waals surface area contributed by atoms with Gasteiger partial charge in [-0.1, -0.05) is 17.7 Å². The van der Waals surface area contributed by atoms with Crippen molar-refractivity contribution in [1.29, 1.82) is 0 Å². The molecule has 0 bridgehead atoms. The van der Waals surface area contributed by atoms with E-state index in [2.05, 4.69) is 10.6 Å². The SMILES string of the molecule is COc1ccc(OCC(=O)OCC(=O)NC(=O)Nc2ccc(C)cc2C)cc1. The van der Waals surface area contributed by atoms with Crippen LogP contribution in [0.4, 0.5) is 10.5 Å². The minimum absolute atomic E-state index is 0.367. The lowest BCUT2D eigenvalue weighted by atomic mass is 10.1. The molecule has 0 aliphatic carbocycles. The predicted molar refractivity (Wildman–Crippen MR) is 103 cm³/mol. The van der Waals surface area contributed by atoms with Gasteiger partial charge < -0.3 is 19.5 Å². The molecule has 2 aromatic carbocycles. The molecule has 0 saturated heterocycles. The number of ether oxygens (including phenoxy) is 3. The van der Waals surface area contributed by atoms with Gasteiger partial charge in [0.05, 0.1) is 7.11 Å². The highest BCUT2D eigenvalue weighted by atomic mass is 16.6. The van der Waals surface area contributed by atoms with Gasteiger partial charge in [-0.05, 0) is 49.7 Å². The molecule has 0 aromatic heterocycles. The summed E-state index contributed by atoms with van der Waals surface area (Å²) in [5, 5.41) is 4.66. The molecule has 2 aromatic rings. The number of hydrogen-bond acceptors (Lipinski definition) is 6. The van der Waals surface area contributed by atoms with E-state index in [1.54, 1.807) is 37.4 Å². The minimum atomic E-state index is -0.750. The normalized spacial score (nSPS) is 9.96. The van der Waals surface area contributed by atoms with Crippen molar-refractivity contribution in [3.63, 3.8) is 0 Å². The van der Waals surface area contributed by atoms with Gasteiger partial charge >= 0.3 is 12.0 Å². The average molecular weight is 386 g/mol. The van der Waals surface area contributed by atoms with Crippen LogP contribution in [0.5, 0.6) is 11.5 Å². The van der Waals surface area contributed by atoms with Gasteiger partial charge in [0.25, 0.3) is 5.91 Å². The number of urea groups is 1. The minimum Gasteiger partial charge on any atom is -0.497 e. The first-order valence-corrected chi connectivity index (χ1v) is 8.48. The zero-order valence-corrected chi connectivity index (χ0v) is 15.9. The van der Waals surface area contributed by atoms with Crippen molar-refractivity contribution in [2.24, 2.45) is 0 Å². The van der Waals surface area contributed by atoms with Gasteiger partial charge in [-0.3, -0.25) is 10.1 Å². The predicted octanol–water partition coefficient (Wildman–Crippen LogP) is 2.58. The lowest BCUT2D eigenvalue weighted by Gasteiger charge is -2.10. The summed E-state index contributed by atoms with van der Waals surface area (Å²) in [6.45, 7) is 2.82. The lowest BCUT2D eigenvalue weighted by Crippen LogP contribution is -2.37. The summed E-state index contributed by atoms with van der Waals surface area (Å²) in [4.78, 5) is 35.2. The molecular weight excluding hydrogens is 364 g/mol. The standard InChI is InChI=1S/C20H22N2O6/c1-13-4-9-17(14(2)10-13)21-20(25)22-18(23)11-28-19(24)12-27-16-7-5-15(26-3)6-8-16/h4-10H,11-12H2,1-3H3,(H2,21,22,23,25). The van der Waals surface area contributed by atoms with Gasteiger partial charge in [-0.2, -0.15) is 0 Å². The third-order valence-electron chi connectivity index (χ3n) is 3.66. The van der Waals surface area contributed by atoms with E-state index in [1.807, 2.05) is 26.0 Å². The highest BCUT2D eigenvalue weighted by Gasteiger charge is 2.12. The van der Waals surface area contributed by atoms with Crippen LogP contribution in [0.15, 0.2) is 42.5 Å². The maximum atomic E-state index is 11.8. The number of rotatable bonds is 7. The van der Waals surface area contributed by atoms with Crippen molar-refractivity contribution in [2.45, 2.75) is 13.8 Å². The first kappa shape index (κ1) is 20.8. The first-order chi connectivity index (χ1) is 13.4. The Bertz CT molecular complexity index is 848. The topological polar surface area (TPSA) is 103 Å². The van der Waals surface area contributed by atoms with E-state index in [0.717, 1.165) is 11.1 Å². The van der Waals surface area contributed by atoms with E-state index >= 15 is 0 Å². The fraction of sp³-hybridized carbons (Fsp3) is 0.250. The van der Waals surface area contributed by atoms with Crippen LogP contribution in [0.25, 0.3) is 0 Å². The molecule has 2 N–H and O–H groups in total. The molecule has 0 aliphatic heterocycles. The average Bonchev–Trinajstić information content (AvgIpc) is 2.67. The Morgan fingerprint density at radius 2 is 1.61 bits per heavy atom. The summed E-state index contributed by atoms with van der Waals surface area (Å²) in [7, 11) is 1.54. The molecule has 0 spiro atoms. The molecule has 0 radical (unpaired) electrons. The summed E-state index contributed by atoms with van der Waals surface area (Å²) < 4.78 is 15.0. The molecule has 8 nitrogen and oxygen atoms in total. The molecule has 0 unspecified atom stereocenters. The van der Waals surface area contributed by atoms with E-state index in [4.69, 9.17) is 14.2 Å². The molecule has 28 heavy (non-hydrogen) atoms. The molecule has 0 fully saturated rings. The van der Waals surface area contributed by atoms with E-state index < -0.39 is 24.5 Å². The monoisotopic (exact) mass is 386 g/mol. The molecule has 0 heterocycles. The van der Waals surface area contributed by atoms with E-state index in [1.165, 1.54) is 0 Å². The second-order valence-corrected chi connectivity index (χ2v) is 5.95. The number of esters is 1. The molecule has 8 heteroatoms. The third-order valence-corrected chi connectivity index (χ3v) is 3.66. The summed E-state index contributed by atoms with van der Waals surface area (Å²) >= 11 is 0. The Labute approximate surface area is 162 Å². The third kappa shape index (κ3) is 6.64. The number of carbonyl (C=O) groups is 3. The quantitative estimate of drug-likeness (QED) is 0.709. The largest absolute Gasteiger partial charge is 0.497 e. The molecule has 0 atom stereocenters. The maximum absolute atomic E-state index is 11.8. The number of anilines is 1. The van der Waals surface area contributed by atoms with Gasteiger partial charge in [-0.25, -0.2) is 9.59 Å². The summed E-state index contributed by atoms with van der Waals surface area (Å²) in [6.07, 6.45) is 0. The maximum Gasteiger partial charge on any atom is 0.344 e. The fourth-order valence-corrected chi connectivity index (χ4v) is 2.27. The van der Waals surface area contributed by atoms with E-state index in [9.17, 15) is 14.4 Å². The molecule has 2 rings (SSSR count). The number of amides is 3. The van der Waals surface area contributed by atoms with E-state index in [0.29, 0.717) is 17.2 Å². The van der Waals surface area contributed by atoms with Crippen molar-refractivity contribution >= 4 is 23.6 Å². The second-order valence-electron chi connectivity index (χ2n) is 5.95. The van der Waals surface area contributed by atoms with Crippen LogP contribution in [0.1, 0.15) is 11.1 Å². The zero-order chi connectivity index (χ0) is 20.5. The van der Waals surface area contributed by atoms with Crippen LogP contribution in [0.2, 0.25) is 0 Å². The van der Waals surface area contributed by atoms with Gasteiger partial charge in [0.2, 0.25) is 0 Å². The summed E-state index contributed by atoms with van der Waals surface area (Å²) in [5.41, 5.74) is 2.51. The summed E-state index contributed by atoms with van der Waals surface area (Å²) in [5.74, 6) is -0.374.